The van der Waals surface area contributed by atoms with Crippen LogP contribution in [0, 0.1) is 19.7 Å². The molecular weight excluding hydrogens is 445 g/mol. The molecule has 0 aliphatic heterocycles. The molecule has 0 atom stereocenters. The van der Waals surface area contributed by atoms with Gasteiger partial charge >= 0.3 is 0 Å². The molecule has 0 bridgehead atoms. The number of rotatable bonds is 7. The topological polar surface area (TPSA) is 74.0 Å². The molecule has 8 heteroatoms. The molecule has 0 saturated heterocycles. The summed E-state index contributed by atoms with van der Waals surface area (Å²) in [5.74, 6) is 0.102. The van der Waals surface area contributed by atoms with Crippen molar-refractivity contribution in [2.24, 2.45) is 0 Å². The molecule has 0 unspecified atom stereocenters. The van der Waals surface area contributed by atoms with Crippen molar-refractivity contribution in [2.45, 2.75) is 53.3 Å². The molecule has 0 fully saturated rings. The second-order valence-electron chi connectivity index (χ2n) is 9.58. The standard InChI is InChI=1S/C27H30FN5O2/c1-18-25(19(2)33(30-18)16-20-7-6-8-22(28)15-20)29-26(34)24-13-14-32(31-24)17-35-23-11-9-21(10-12-23)27(3,4)5/h6-15H,16-17H2,1-5H3,(H,29,34). The zero-order valence-electron chi connectivity index (χ0n) is 20.7. The highest BCUT2D eigenvalue weighted by Gasteiger charge is 2.18. The lowest BCUT2D eigenvalue weighted by molar-refractivity contribution is 0.102. The molecule has 4 rings (SSSR count). The Morgan fingerprint density at radius 1 is 1.06 bits per heavy atom. The SMILES string of the molecule is Cc1nn(Cc2cccc(F)c2)c(C)c1NC(=O)c1ccn(COc2ccc(C(C)(C)C)cc2)n1. The Kier molecular flexibility index (Phi) is 6.73. The number of benzene rings is 2. The Labute approximate surface area is 204 Å². The van der Waals surface area contributed by atoms with Crippen LogP contribution in [0.25, 0.3) is 0 Å². The fourth-order valence-corrected chi connectivity index (χ4v) is 3.76. The van der Waals surface area contributed by atoms with Crippen LogP contribution in [0.1, 0.15) is 53.8 Å². The van der Waals surface area contributed by atoms with E-state index < -0.39 is 0 Å². The smallest absolute Gasteiger partial charge is 0.276 e. The molecule has 7 nitrogen and oxygen atoms in total. The maximum atomic E-state index is 13.5. The summed E-state index contributed by atoms with van der Waals surface area (Å²) in [6.07, 6.45) is 1.70. The highest BCUT2D eigenvalue weighted by molar-refractivity contribution is 6.03. The molecule has 0 spiro atoms. The van der Waals surface area contributed by atoms with E-state index in [9.17, 15) is 9.18 Å². The average Bonchev–Trinajstić information content (AvgIpc) is 3.38. The number of carbonyl (C=O) groups excluding carboxylic acids is 1. The Balaban J connectivity index is 1.39. The summed E-state index contributed by atoms with van der Waals surface area (Å²) in [5, 5.41) is 11.7. The van der Waals surface area contributed by atoms with Gasteiger partial charge in [0.1, 0.15) is 11.6 Å². The lowest BCUT2D eigenvalue weighted by Gasteiger charge is -2.19. The summed E-state index contributed by atoms with van der Waals surface area (Å²) >= 11 is 0. The van der Waals surface area contributed by atoms with Gasteiger partial charge in [-0.1, -0.05) is 45.0 Å². The van der Waals surface area contributed by atoms with Crippen LogP contribution in [-0.4, -0.2) is 25.5 Å². The van der Waals surface area contributed by atoms with Crippen molar-refractivity contribution < 1.29 is 13.9 Å². The van der Waals surface area contributed by atoms with E-state index in [2.05, 4.69) is 48.4 Å². The summed E-state index contributed by atoms with van der Waals surface area (Å²) in [7, 11) is 0. The van der Waals surface area contributed by atoms with Gasteiger partial charge in [-0.05, 0) is 60.7 Å². The van der Waals surface area contributed by atoms with Crippen LogP contribution in [-0.2, 0) is 18.7 Å². The molecule has 182 valence electrons. The van der Waals surface area contributed by atoms with Gasteiger partial charge in [0.2, 0.25) is 0 Å². The first-order chi connectivity index (χ1) is 16.6. The van der Waals surface area contributed by atoms with E-state index >= 15 is 0 Å². The third kappa shape index (κ3) is 5.77. The van der Waals surface area contributed by atoms with E-state index in [4.69, 9.17) is 4.74 Å². The van der Waals surface area contributed by atoms with Gasteiger partial charge in [-0.3, -0.25) is 9.48 Å². The molecule has 2 heterocycles. The van der Waals surface area contributed by atoms with E-state index in [1.807, 2.05) is 32.0 Å². The van der Waals surface area contributed by atoms with Gasteiger partial charge in [0.15, 0.2) is 12.4 Å². The molecule has 2 aromatic heterocycles. The van der Waals surface area contributed by atoms with Gasteiger partial charge in [-0.15, -0.1) is 0 Å². The van der Waals surface area contributed by atoms with E-state index in [0.29, 0.717) is 17.9 Å². The first kappa shape index (κ1) is 24.2. The van der Waals surface area contributed by atoms with Crippen molar-refractivity contribution in [2.75, 3.05) is 5.32 Å². The number of aromatic nitrogens is 4. The van der Waals surface area contributed by atoms with E-state index in [1.54, 1.807) is 27.7 Å². The van der Waals surface area contributed by atoms with Crippen molar-refractivity contribution in [3.63, 3.8) is 0 Å². The molecule has 4 aromatic rings. The number of halogens is 1. The van der Waals surface area contributed by atoms with Crippen LogP contribution in [0.4, 0.5) is 10.1 Å². The third-order valence-corrected chi connectivity index (χ3v) is 5.80. The highest BCUT2D eigenvalue weighted by Crippen LogP contribution is 2.24. The fraction of sp³-hybridized carbons (Fsp3) is 0.296. The zero-order valence-corrected chi connectivity index (χ0v) is 20.7. The summed E-state index contributed by atoms with van der Waals surface area (Å²) < 4.78 is 22.6. The first-order valence-electron chi connectivity index (χ1n) is 11.5. The van der Waals surface area contributed by atoms with Crippen molar-refractivity contribution in [1.82, 2.24) is 19.6 Å². The van der Waals surface area contributed by atoms with E-state index in [-0.39, 0.29) is 29.6 Å². The van der Waals surface area contributed by atoms with Crippen molar-refractivity contribution in [3.8, 4) is 5.75 Å². The third-order valence-electron chi connectivity index (χ3n) is 5.80. The Morgan fingerprint density at radius 2 is 1.80 bits per heavy atom. The largest absolute Gasteiger partial charge is 0.471 e. The maximum absolute atomic E-state index is 13.5. The maximum Gasteiger partial charge on any atom is 0.276 e. The number of amides is 1. The normalized spacial score (nSPS) is 11.5. The molecule has 2 aromatic carbocycles. The van der Waals surface area contributed by atoms with E-state index in [0.717, 1.165) is 17.0 Å². The summed E-state index contributed by atoms with van der Waals surface area (Å²) in [6, 6.07) is 16.0. The number of hydrogen-bond acceptors (Lipinski definition) is 4. The molecule has 0 saturated carbocycles. The Morgan fingerprint density at radius 3 is 2.49 bits per heavy atom. The minimum atomic E-state index is -0.338. The van der Waals surface area contributed by atoms with Crippen molar-refractivity contribution >= 4 is 11.6 Å². The predicted octanol–water partition coefficient (Wildman–Crippen LogP) is 5.47. The number of carbonyl (C=O) groups is 1. The van der Waals surface area contributed by atoms with Crippen LogP contribution in [0.15, 0.2) is 60.8 Å². The highest BCUT2D eigenvalue weighted by atomic mass is 19.1. The second-order valence-corrected chi connectivity index (χ2v) is 9.58. The summed E-state index contributed by atoms with van der Waals surface area (Å²) in [6.45, 7) is 10.8. The molecular formula is C27H30FN5O2. The number of nitrogens with one attached hydrogen (secondary N) is 1. The zero-order chi connectivity index (χ0) is 25.2. The minimum absolute atomic E-state index is 0.0788. The van der Waals surface area contributed by atoms with Gasteiger partial charge in [0, 0.05) is 6.20 Å². The van der Waals surface area contributed by atoms with Crippen LogP contribution >= 0.6 is 0 Å². The van der Waals surface area contributed by atoms with Crippen molar-refractivity contribution in [3.05, 3.63) is 94.8 Å². The van der Waals surface area contributed by atoms with Gasteiger partial charge < -0.3 is 10.1 Å². The van der Waals surface area contributed by atoms with Crippen molar-refractivity contribution in [1.29, 1.82) is 0 Å². The Hall–Kier alpha value is -3.94. The van der Waals surface area contributed by atoms with E-state index in [1.165, 1.54) is 17.7 Å². The minimum Gasteiger partial charge on any atom is -0.471 e. The molecule has 0 radical (unpaired) electrons. The van der Waals surface area contributed by atoms with Crippen LogP contribution in [0.2, 0.25) is 0 Å². The number of ether oxygens (including phenoxy) is 1. The van der Waals surface area contributed by atoms with Gasteiger partial charge in [0.05, 0.1) is 23.6 Å². The average molecular weight is 476 g/mol. The van der Waals surface area contributed by atoms with Crippen LogP contribution in [0.5, 0.6) is 5.75 Å². The number of hydrogen-bond donors (Lipinski definition) is 1. The van der Waals surface area contributed by atoms with Gasteiger partial charge in [-0.2, -0.15) is 10.2 Å². The lowest BCUT2D eigenvalue weighted by Crippen LogP contribution is -2.15. The summed E-state index contributed by atoms with van der Waals surface area (Å²) in [4.78, 5) is 12.8. The lowest BCUT2D eigenvalue weighted by atomic mass is 9.87. The molecule has 1 N–H and O–H groups in total. The number of nitrogens with zero attached hydrogens (tertiary/aromatic N) is 4. The van der Waals surface area contributed by atoms with Gasteiger partial charge in [0.25, 0.3) is 5.91 Å². The molecule has 35 heavy (non-hydrogen) atoms. The quantitative estimate of drug-likeness (QED) is 0.385. The summed E-state index contributed by atoms with van der Waals surface area (Å²) in [5.41, 5.74) is 4.45. The monoisotopic (exact) mass is 475 g/mol. The molecule has 0 aliphatic rings. The van der Waals surface area contributed by atoms with Crippen LogP contribution in [0.3, 0.4) is 0 Å². The Bertz CT molecular complexity index is 1330. The molecule has 0 aliphatic carbocycles. The number of anilines is 1. The van der Waals surface area contributed by atoms with Gasteiger partial charge in [-0.25, -0.2) is 9.07 Å². The predicted molar refractivity (Wildman–Crippen MR) is 133 cm³/mol. The fourth-order valence-electron chi connectivity index (χ4n) is 3.76. The van der Waals surface area contributed by atoms with Crippen LogP contribution < -0.4 is 10.1 Å². The first-order valence-corrected chi connectivity index (χ1v) is 11.5. The molecule has 1 amide bonds. The second kappa shape index (κ2) is 9.74. The number of aryl methyl sites for hydroxylation is 1.